The fourth-order valence-electron chi connectivity index (χ4n) is 2.93. The highest BCUT2D eigenvalue weighted by Gasteiger charge is 2.39. The molecule has 2 rings (SSSR count). The van der Waals surface area contributed by atoms with Crippen LogP contribution < -0.4 is 10.6 Å². The summed E-state index contributed by atoms with van der Waals surface area (Å²) in [7, 11) is 0. The van der Waals surface area contributed by atoms with E-state index in [1.165, 1.54) is 4.88 Å². The van der Waals surface area contributed by atoms with Crippen LogP contribution in [0.15, 0.2) is 17.5 Å². The van der Waals surface area contributed by atoms with Crippen molar-refractivity contribution in [1.29, 1.82) is 0 Å². The van der Waals surface area contributed by atoms with Crippen LogP contribution in [0.1, 0.15) is 50.4 Å². The molecule has 2 atom stereocenters. The van der Waals surface area contributed by atoms with E-state index in [1.807, 2.05) is 6.07 Å². The maximum absolute atomic E-state index is 12.7. The van der Waals surface area contributed by atoms with Crippen molar-refractivity contribution < 1.29 is 4.79 Å². The molecular weight excluding hydrogens is 256 g/mol. The van der Waals surface area contributed by atoms with Gasteiger partial charge in [0.05, 0.1) is 11.5 Å². The topological polar surface area (TPSA) is 41.1 Å². The van der Waals surface area contributed by atoms with Crippen molar-refractivity contribution in [3.63, 3.8) is 0 Å². The second-order valence-corrected chi connectivity index (χ2v) is 6.50. The van der Waals surface area contributed by atoms with E-state index in [1.54, 1.807) is 11.3 Å². The Balaban J connectivity index is 2.03. The lowest BCUT2D eigenvalue weighted by atomic mass is 9.76. The summed E-state index contributed by atoms with van der Waals surface area (Å²) in [6.45, 7) is 6.09. The summed E-state index contributed by atoms with van der Waals surface area (Å²) < 4.78 is 0. The molecule has 1 fully saturated rings. The highest BCUT2D eigenvalue weighted by molar-refractivity contribution is 7.10. The fraction of sp³-hybridized carbons (Fsp3) is 0.667. The molecule has 0 aromatic carbocycles. The summed E-state index contributed by atoms with van der Waals surface area (Å²) in [6, 6.07) is 4.23. The minimum Gasteiger partial charge on any atom is -0.348 e. The molecule has 2 unspecified atom stereocenters. The normalized spacial score (nSPS) is 24.9. The summed E-state index contributed by atoms with van der Waals surface area (Å²) in [6.07, 6.45) is 4.14. The molecule has 1 amide bonds. The maximum atomic E-state index is 12.7. The second kappa shape index (κ2) is 6.53. The molecule has 3 nitrogen and oxygen atoms in total. The van der Waals surface area contributed by atoms with Gasteiger partial charge in [0, 0.05) is 11.4 Å². The van der Waals surface area contributed by atoms with Crippen molar-refractivity contribution in [1.82, 2.24) is 10.6 Å². The molecule has 0 saturated carbocycles. The van der Waals surface area contributed by atoms with Crippen molar-refractivity contribution in [3.8, 4) is 0 Å². The Bertz CT molecular complexity index is 391. The zero-order valence-electron chi connectivity index (χ0n) is 11.9. The molecule has 0 spiro atoms. The van der Waals surface area contributed by atoms with Crippen LogP contribution in [0.3, 0.4) is 0 Å². The lowest BCUT2D eigenvalue weighted by Crippen LogP contribution is -2.50. The molecule has 106 valence electrons. The molecule has 1 saturated heterocycles. The largest absolute Gasteiger partial charge is 0.348 e. The third-order valence-corrected chi connectivity index (χ3v) is 5.06. The van der Waals surface area contributed by atoms with Crippen LogP contribution in [0.4, 0.5) is 0 Å². The second-order valence-electron chi connectivity index (χ2n) is 5.52. The van der Waals surface area contributed by atoms with Gasteiger partial charge in [-0.25, -0.2) is 0 Å². The molecule has 1 aliphatic rings. The number of rotatable bonds is 5. The van der Waals surface area contributed by atoms with Crippen LogP contribution in [0.2, 0.25) is 0 Å². The molecule has 1 aliphatic heterocycles. The smallest absolute Gasteiger partial charge is 0.228 e. The van der Waals surface area contributed by atoms with Crippen LogP contribution in [-0.2, 0) is 4.79 Å². The highest BCUT2D eigenvalue weighted by Crippen LogP contribution is 2.33. The molecule has 1 aromatic heterocycles. The Morgan fingerprint density at radius 1 is 1.63 bits per heavy atom. The monoisotopic (exact) mass is 280 g/mol. The maximum Gasteiger partial charge on any atom is 0.228 e. The quantitative estimate of drug-likeness (QED) is 0.870. The van der Waals surface area contributed by atoms with Crippen LogP contribution in [0, 0.1) is 5.41 Å². The van der Waals surface area contributed by atoms with Gasteiger partial charge in [0.1, 0.15) is 0 Å². The van der Waals surface area contributed by atoms with Crippen molar-refractivity contribution in [3.05, 3.63) is 22.4 Å². The van der Waals surface area contributed by atoms with E-state index in [0.717, 1.165) is 38.8 Å². The average Bonchev–Trinajstić information content (AvgIpc) is 2.94. The van der Waals surface area contributed by atoms with E-state index in [-0.39, 0.29) is 17.4 Å². The summed E-state index contributed by atoms with van der Waals surface area (Å²) in [5, 5.41) is 8.66. The molecule has 1 aromatic rings. The van der Waals surface area contributed by atoms with E-state index in [9.17, 15) is 4.79 Å². The van der Waals surface area contributed by atoms with Gasteiger partial charge in [-0.1, -0.05) is 19.4 Å². The van der Waals surface area contributed by atoms with Crippen molar-refractivity contribution in [2.45, 2.75) is 45.6 Å². The van der Waals surface area contributed by atoms with Gasteiger partial charge in [0.15, 0.2) is 0 Å². The van der Waals surface area contributed by atoms with E-state index < -0.39 is 0 Å². The van der Waals surface area contributed by atoms with Gasteiger partial charge < -0.3 is 10.6 Å². The SMILES string of the molecule is CCCC1(C(=O)NC(C)c2cccs2)CCCNC1. The lowest BCUT2D eigenvalue weighted by molar-refractivity contribution is -0.133. The number of carbonyl (C=O) groups excluding carboxylic acids is 1. The van der Waals surface area contributed by atoms with E-state index in [2.05, 4.69) is 35.9 Å². The number of piperidine rings is 1. The number of amides is 1. The highest BCUT2D eigenvalue weighted by atomic mass is 32.1. The van der Waals surface area contributed by atoms with Crippen LogP contribution in [0.25, 0.3) is 0 Å². The summed E-state index contributed by atoms with van der Waals surface area (Å²) in [5.74, 6) is 0.224. The van der Waals surface area contributed by atoms with Gasteiger partial charge in [-0.05, 0) is 44.2 Å². The lowest BCUT2D eigenvalue weighted by Gasteiger charge is -2.37. The molecule has 0 aliphatic carbocycles. The third-order valence-electron chi connectivity index (χ3n) is 4.00. The standard InChI is InChI=1S/C15H24N2OS/c1-3-7-15(8-5-9-16-11-15)14(18)17-12(2)13-6-4-10-19-13/h4,6,10,12,16H,3,5,7-9,11H2,1-2H3,(H,17,18). The molecule has 4 heteroatoms. The minimum absolute atomic E-state index is 0.114. The van der Waals surface area contributed by atoms with Crippen LogP contribution >= 0.6 is 11.3 Å². The Kier molecular flexibility index (Phi) is 4.99. The van der Waals surface area contributed by atoms with Crippen molar-refractivity contribution >= 4 is 17.2 Å². The summed E-state index contributed by atoms with van der Waals surface area (Å²) in [5.41, 5.74) is -0.196. The first-order valence-corrected chi connectivity index (χ1v) is 8.11. The first-order chi connectivity index (χ1) is 9.18. The summed E-state index contributed by atoms with van der Waals surface area (Å²) >= 11 is 1.70. The molecular formula is C15H24N2OS. The Morgan fingerprint density at radius 3 is 3.05 bits per heavy atom. The van der Waals surface area contributed by atoms with E-state index in [4.69, 9.17) is 0 Å². The van der Waals surface area contributed by atoms with Gasteiger partial charge in [0.25, 0.3) is 0 Å². The predicted molar refractivity (Wildman–Crippen MR) is 80.3 cm³/mol. The van der Waals surface area contributed by atoms with Gasteiger partial charge in [-0.2, -0.15) is 0 Å². The van der Waals surface area contributed by atoms with Gasteiger partial charge >= 0.3 is 0 Å². The Labute approximate surface area is 119 Å². The zero-order valence-corrected chi connectivity index (χ0v) is 12.7. The molecule has 19 heavy (non-hydrogen) atoms. The van der Waals surface area contributed by atoms with Crippen LogP contribution in [-0.4, -0.2) is 19.0 Å². The number of nitrogens with one attached hydrogen (secondary N) is 2. The number of hydrogen-bond donors (Lipinski definition) is 2. The Morgan fingerprint density at radius 2 is 2.47 bits per heavy atom. The Hall–Kier alpha value is -0.870. The van der Waals surface area contributed by atoms with E-state index in [0.29, 0.717) is 0 Å². The van der Waals surface area contributed by atoms with Crippen LogP contribution in [0.5, 0.6) is 0 Å². The fourth-order valence-corrected chi connectivity index (χ4v) is 3.66. The first kappa shape index (κ1) is 14.5. The molecule has 0 bridgehead atoms. The van der Waals surface area contributed by atoms with Gasteiger partial charge in [-0.3, -0.25) is 4.79 Å². The van der Waals surface area contributed by atoms with Crippen molar-refractivity contribution in [2.24, 2.45) is 5.41 Å². The molecule has 2 heterocycles. The first-order valence-electron chi connectivity index (χ1n) is 7.23. The number of thiophene rings is 1. The number of carbonyl (C=O) groups is 1. The molecule has 0 radical (unpaired) electrons. The third kappa shape index (κ3) is 3.37. The minimum atomic E-state index is -0.196. The van der Waals surface area contributed by atoms with Gasteiger partial charge in [0.2, 0.25) is 5.91 Å². The van der Waals surface area contributed by atoms with Gasteiger partial charge in [-0.15, -0.1) is 11.3 Å². The number of hydrogen-bond acceptors (Lipinski definition) is 3. The molecule has 2 N–H and O–H groups in total. The van der Waals surface area contributed by atoms with E-state index >= 15 is 0 Å². The summed E-state index contributed by atoms with van der Waals surface area (Å²) in [4.78, 5) is 13.9. The predicted octanol–water partition coefficient (Wildman–Crippen LogP) is 3.10. The zero-order chi connectivity index (χ0) is 13.7. The average molecular weight is 280 g/mol. The van der Waals surface area contributed by atoms with Crippen molar-refractivity contribution in [2.75, 3.05) is 13.1 Å².